The average molecular weight is 218 g/mol. The third-order valence-corrected chi connectivity index (χ3v) is 2.82. The zero-order chi connectivity index (χ0) is 10.8. The smallest absolute Gasteiger partial charge is 0.238 e. The highest BCUT2D eigenvalue weighted by atomic mass is 32.2. The summed E-state index contributed by atoms with van der Waals surface area (Å²) in [5.74, 6) is 0. The van der Waals surface area contributed by atoms with Gasteiger partial charge < -0.3 is 5.73 Å². The molecule has 14 heavy (non-hydrogen) atoms. The Morgan fingerprint density at radius 3 is 2.43 bits per heavy atom. The highest BCUT2D eigenvalue weighted by molar-refractivity contribution is 7.89. The van der Waals surface area contributed by atoms with E-state index < -0.39 is 16.7 Å². The highest BCUT2D eigenvalue weighted by Gasteiger charge is 2.12. The first kappa shape index (κ1) is 11.1. The van der Waals surface area contributed by atoms with E-state index in [1.165, 1.54) is 18.2 Å². The maximum absolute atomic E-state index is 12.2. The van der Waals surface area contributed by atoms with Crippen LogP contribution in [0.25, 0.3) is 0 Å². The maximum atomic E-state index is 12.2. The van der Waals surface area contributed by atoms with Gasteiger partial charge in [-0.15, -0.1) is 0 Å². The Bertz CT molecular complexity index is 431. The molecule has 78 valence electrons. The molecule has 0 saturated heterocycles. The highest BCUT2D eigenvalue weighted by Crippen LogP contribution is 2.16. The predicted octanol–water partition coefficient (Wildman–Crippen LogP) is 0.262. The van der Waals surface area contributed by atoms with Gasteiger partial charge in [-0.1, -0.05) is 12.1 Å². The Hall–Kier alpha value is -0.980. The summed E-state index contributed by atoms with van der Waals surface area (Å²) < 4.78 is 34.3. The van der Waals surface area contributed by atoms with Crippen LogP contribution in [-0.2, 0) is 23.2 Å². The molecule has 0 saturated carbocycles. The van der Waals surface area contributed by atoms with Crippen molar-refractivity contribution in [3.63, 3.8) is 0 Å². The Kier molecular flexibility index (Phi) is 3.20. The molecule has 0 radical (unpaired) electrons. The lowest BCUT2D eigenvalue weighted by molar-refractivity contribution is 0.484. The molecule has 0 unspecified atom stereocenters. The summed E-state index contributed by atoms with van der Waals surface area (Å²) in [5.41, 5.74) is 6.05. The van der Waals surface area contributed by atoms with Gasteiger partial charge in [0.1, 0.15) is 6.67 Å². The van der Waals surface area contributed by atoms with Crippen molar-refractivity contribution in [2.24, 2.45) is 10.9 Å². The third kappa shape index (κ3) is 2.28. The quantitative estimate of drug-likeness (QED) is 0.763. The number of rotatable bonds is 3. The van der Waals surface area contributed by atoms with Crippen molar-refractivity contribution in [2.75, 3.05) is 0 Å². The lowest BCUT2D eigenvalue weighted by Crippen LogP contribution is -2.16. The van der Waals surface area contributed by atoms with E-state index in [9.17, 15) is 12.8 Å². The van der Waals surface area contributed by atoms with Gasteiger partial charge in [0.25, 0.3) is 0 Å². The molecule has 0 fully saturated rings. The van der Waals surface area contributed by atoms with Gasteiger partial charge in [-0.05, 0) is 17.2 Å². The molecule has 0 aliphatic rings. The first-order chi connectivity index (χ1) is 6.49. The topological polar surface area (TPSA) is 86.2 Å². The lowest BCUT2D eigenvalue weighted by Gasteiger charge is -2.06. The van der Waals surface area contributed by atoms with Crippen molar-refractivity contribution >= 4 is 10.0 Å². The van der Waals surface area contributed by atoms with Gasteiger partial charge in [0.15, 0.2) is 0 Å². The second kappa shape index (κ2) is 4.04. The van der Waals surface area contributed by atoms with E-state index in [0.29, 0.717) is 11.1 Å². The van der Waals surface area contributed by atoms with Gasteiger partial charge in [0.05, 0.1) is 4.90 Å². The molecule has 0 bridgehead atoms. The summed E-state index contributed by atoms with van der Waals surface area (Å²) in [7, 11) is -3.77. The van der Waals surface area contributed by atoms with Crippen molar-refractivity contribution in [1.29, 1.82) is 0 Å². The fourth-order valence-corrected chi connectivity index (χ4v) is 1.92. The van der Waals surface area contributed by atoms with Gasteiger partial charge in [-0.2, -0.15) is 0 Å². The van der Waals surface area contributed by atoms with Gasteiger partial charge in [0.2, 0.25) is 10.0 Å². The van der Waals surface area contributed by atoms with Crippen LogP contribution in [0.4, 0.5) is 4.39 Å². The number of primary sulfonamides is 1. The Morgan fingerprint density at radius 1 is 1.36 bits per heavy atom. The molecule has 4 N–H and O–H groups in total. The molecule has 0 atom stereocenters. The van der Waals surface area contributed by atoms with E-state index in [2.05, 4.69) is 0 Å². The monoisotopic (exact) mass is 218 g/mol. The van der Waals surface area contributed by atoms with Crippen LogP contribution in [0.2, 0.25) is 0 Å². The van der Waals surface area contributed by atoms with Crippen LogP contribution in [-0.4, -0.2) is 8.42 Å². The summed E-state index contributed by atoms with van der Waals surface area (Å²) in [6.45, 7) is -0.641. The van der Waals surface area contributed by atoms with Crippen molar-refractivity contribution in [3.8, 4) is 0 Å². The lowest BCUT2D eigenvalue weighted by atomic mass is 10.1. The molecular weight excluding hydrogens is 207 g/mol. The summed E-state index contributed by atoms with van der Waals surface area (Å²) in [6, 6.07) is 4.05. The van der Waals surface area contributed by atoms with Crippen molar-refractivity contribution < 1.29 is 12.8 Å². The standard InChI is InChI=1S/C8H11FN2O2S/c9-4-6-1-2-8(14(11,12)13)7(3-6)5-10/h1-3H,4-5,10H2,(H2,11,12,13). The van der Waals surface area contributed by atoms with Crippen LogP contribution in [0.3, 0.4) is 0 Å². The predicted molar refractivity (Wildman–Crippen MR) is 50.5 cm³/mol. The number of halogens is 1. The molecule has 0 heterocycles. The van der Waals surface area contributed by atoms with E-state index >= 15 is 0 Å². The minimum absolute atomic E-state index is 0.0135. The van der Waals surface area contributed by atoms with Gasteiger partial charge in [-0.25, -0.2) is 17.9 Å². The molecule has 0 amide bonds. The Labute approximate surface area is 81.8 Å². The fraction of sp³-hybridized carbons (Fsp3) is 0.250. The number of sulfonamides is 1. The molecule has 1 aromatic rings. The summed E-state index contributed by atoms with van der Waals surface area (Å²) in [5, 5.41) is 4.95. The first-order valence-corrected chi connectivity index (χ1v) is 5.44. The Balaban J connectivity index is 3.33. The van der Waals surface area contributed by atoms with Crippen molar-refractivity contribution in [2.45, 2.75) is 18.1 Å². The van der Waals surface area contributed by atoms with Crippen LogP contribution in [0.1, 0.15) is 11.1 Å². The number of nitrogens with two attached hydrogens (primary N) is 2. The van der Waals surface area contributed by atoms with Crippen LogP contribution in [0, 0.1) is 0 Å². The SMILES string of the molecule is NCc1cc(CF)ccc1S(N)(=O)=O. The second-order valence-electron chi connectivity index (χ2n) is 2.82. The second-order valence-corrected chi connectivity index (χ2v) is 4.35. The molecule has 0 aliphatic heterocycles. The molecule has 6 heteroatoms. The van der Waals surface area contributed by atoms with Crippen LogP contribution >= 0.6 is 0 Å². The molecule has 1 aromatic carbocycles. The maximum Gasteiger partial charge on any atom is 0.238 e. The third-order valence-electron chi connectivity index (χ3n) is 1.81. The minimum Gasteiger partial charge on any atom is -0.326 e. The number of hydrogen-bond donors (Lipinski definition) is 2. The Morgan fingerprint density at radius 2 is 2.00 bits per heavy atom. The normalized spacial score (nSPS) is 11.6. The summed E-state index contributed by atoms with van der Waals surface area (Å²) in [4.78, 5) is -0.0443. The van der Waals surface area contributed by atoms with Gasteiger partial charge in [0, 0.05) is 6.54 Å². The van der Waals surface area contributed by atoms with E-state index in [1.807, 2.05) is 0 Å². The van der Waals surface area contributed by atoms with E-state index in [1.54, 1.807) is 0 Å². The number of alkyl halides is 1. The number of hydrogen-bond acceptors (Lipinski definition) is 3. The number of benzene rings is 1. The molecule has 0 spiro atoms. The zero-order valence-corrected chi connectivity index (χ0v) is 8.22. The van der Waals surface area contributed by atoms with Crippen molar-refractivity contribution in [1.82, 2.24) is 0 Å². The zero-order valence-electron chi connectivity index (χ0n) is 7.40. The first-order valence-electron chi connectivity index (χ1n) is 3.89. The fourth-order valence-electron chi connectivity index (χ4n) is 1.15. The summed E-state index contributed by atoms with van der Waals surface area (Å²) >= 11 is 0. The molecule has 4 nitrogen and oxygen atoms in total. The van der Waals surface area contributed by atoms with Crippen LogP contribution < -0.4 is 10.9 Å². The van der Waals surface area contributed by atoms with E-state index in [-0.39, 0.29) is 11.4 Å². The van der Waals surface area contributed by atoms with Gasteiger partial charge >= 0.3 is 0 Å². The molecular formula is C8H11FN2O2S. The average Bonchev–Trinajstić information content (AvgIpc) is 2.15. The minimum atomic E-state index is -3.77. The van der Waals surface area contributed by atoms with Crippen LogP contribution in [0.5, 0.6) is 0 Å². The van der Waals surface area contributed by atoms with E-state index in [0.717, 1.165) is 0 Å². The molecule has 0 aliphatic carbocycles. The van der Waals surface area contributed by atoms with Gasteiger partial charge in [-0.3, -0.25) is 0 Å². The van der Waals surface area contributed by atoms with Crippen molar-refractivity contribution in [3.05, 3.63) is 29.3 Å². The summed E-state index contributed by atoms with van der Waals surface area (Å²) in [6.07, 6.45) is 0. The molecule has 1 rings (SSSR count). The van der Waals surface area contributed by atoms with E-state index in [4.69, 9.17) is 10.9 Å². The molecule has 0 aromatic heterocycles. The largest absolute Gasteiger partial charge is 0.326 e. The van der Waals surface area contributed by atoms with Crippen LogP contribution in [0.15, 0.2) is 23.1 Å².